The van der Waals surface area contributed by atoms with E-state index >= 15 is 0 Å². The van der Waals surface area contributed by atoms with Crippen molar-refractivity contribution in [3.05, 3.63) is 28.8 Å². The Bertz CT molecular complexity index is 561. The van der Waals surface area contributed by atoms with E-state index in [1.54, 1.807) is 7.05 Å². The minimum atomic E-state index is -4.56. The van der Waals surface area contributed by atoms with Crippen LogP contribution in [0.4, 0.5) is 13.2 Å². The third kappa shape index (κ3) is 4.62. The van der Waals surface area contributed by atoms with Crippen molar-refractivity contribution in [3.63, 3.8) is 0 Å². The minimum Gasteiger partial charge on any atom is -0.320 e. The van der Waals surface area contributed by atoms with Gasteiger partial charge in [0.15, 0.2) is 0 Å². The molecule has 0 aliphatic carbocycles. The van der Waals surface area contributed by atoms with Gasteiger partial charge >= 0.3 is 6.18 Å². The first kappa shape index (κ1) is 17.2. The lowest BCUT2D eigenvalue weighted by atomic mass is 10.2. The van der Waals surface area contributed by atoms with Crippen LogP contribution in [0.15, 0.2) is 23.1 Å². The summed E-state index contributed by atoms with van der Waals surface area (Å²) in [6, 6.07) is 2.14. The number of hydrogen-bond donors (Lipinski definition) is 2. The fourth-order valence-corrected chi connectivity index (χ4v) is 3.06. The smallest absolute Gasteiger partial charge is 0.320 e. The van der Waals surface area contributed by atoms with E-state index in [-0.39, 0.29) is 11.4 Å². The molecule has 114 valence electrons. The van der Waals surface area contributed by atoms with E-state index in [2.05, 4.69) is 10.0 Å². The second-order valence-electron chi connectivity index (χ2n) is 4.00. The molecule has 0 spiro atoms. The molecule has 0 heterocycles. The maximum absolute atomic E-state index is 12.5. The van der Waals surface area contributed by atoms with Gasteiger partial charge in [-0.05, 0) is 38.2 Å². The lowest BCUT2D eigenvalue weighted by molar-refractivity contribution is -0.137. The highest BCUT2D eigenvalue weighted by molar-refractivity contribution is 7.89. The number of nitrogens with one attached hydrogen (secondary N) is 2. The van der Waals surface area contributed by atoms with Crippen LogP contribution in [0, 0.1) is 0 Å². The summed E-state index contributed by atoms with van der Waals surface area (Å²) in [5.41, 5.74) is -0.989. The van der Waals surface area contributed by atoms with Gasteiger partial charge in [0.2, 0.25) is 10.0 Å². The Kier molecular flexibility index (Phi) is 5.81. The molecule has 0 saturated heterocycles. The molecule has 9 heteroatoms. The van der Waals surface area contributed by atoms with Crippen LogP contribution in [0.3, 0.4) is 0 Å². The van der Waals surface area contributed by atoms with Crippen LogP contribution in [0.2, 0.25) is 5.02 Å². The van der Waals surface area contributed by atoms with E-state index in [4.69, 9.17) is 11.6 Å². The van der Waals surface area contributed by atoms with Crippen molar-refractivity contribution in [1.29, 1.82) is 0 Å². The van der Waals surface area contributed by atoms with E-state index in [1.807, 2.05) is 0 Å². The van der Waals surface area contributed by atoms with Crippen molar-refractivity contribution >= 4 is 21.6 Å². The molecule has 0 aliphatic rings. The second kappa shape index (κ2) is 6.75. The van der Waals surface area contributed by atoms with E-state index in [0.717, 1.165) is 6.07 Å². The lowest BCUT2D eigenvalue weighted by Gasteiger charge is -2.11. The first-order chi connectivity index (χ1) is 9.18. The summed E-state index contributed by atoms with van der Waals surface area (Å²) in [7, 11) is -2.19. The Labute approximate surface area is 120 Å². The first-order valence-corrected chi connectivity index (χ1v) is 7.55. The molecule has 1 aromatic carbocycles. The predicted molar refractivity (Wildman–Crippen MR) is 70.2 cm³/mol. The molecule has 4 nitrogen and oxygen atoms in total. The fourth-order valence-electron chi connectivity index (χ4n) is 1.44. The fraction of sp³-hybridized carbons (Fsp3) is 0.455. The molecule has 20 heavy (non-hydrogen) atoms. The van der Waals surface area contributed by atoms with Crippen molar-refractivity contribution in [1.82, 2.24) is 10.0 Å². The highest BCUT2D eigenvalue weighted by atomic mass is 35.5. The normalized spacial score (nSPS) is 12.7. The molecule has 0 amide bonds. The molecule has 0 atom stereocenters. The van der Waals surface area contributed by atoms with Gasteiger partial charge < -0.3 is 5.32 Å². The van der Waals surface area contributed by atoms with E-state index in [1.165, 1.54) is 0 Å². The average molecular weight is 331 g/mol. The summed E-state index contributed by atoms with van der Waals surface area (Å²) in [4.78, 5) is -0.364. The maximum atomic E-state index is 12.5. The number of halogens is 4. The van der Waals surface area contributed by atoms with E-state index < -0.39 is 26.8 Å². The molecule has 0 radical (unpaired) electrons. The van der Waals surface area contributed by atoms with Gasteiger partial charge in [-0.3, -0.25) is 0 Å². The van der Waals surface area contributed by atoms with Crippen molar-refractivity contribution in [3.8, 4) is 0 Å². The van der Waals surface area contributed by atoms with Crippen molar-refractivity contribution in [2.24, 2.45) is 0 Å². The minimum absolute atomic E-state index is 0.167. The monoisotopic (exact) mass is 330 g/mol. The van der Waals surface area contributed by atoms with Crippen LogP contribution < -0.4 is 10.0 Å². The van der Waals surface area contributed by atoms with Crippen molar-refractivity contribution < 1.29 is 21.6 Å². The quantitative estimate of drug-likeness (QED) is 0.787. The van der Waals surface area contributed by atoms with Gasteiger partial charge in [0, 0.05) is 6.54 Å². The molecule has 0 bridgehead atoms. The average Bonchev–Trinajstić information content (AvgIpc) is 2.33. The van der Waals surface area contributed by atoms with Crippen LogP contribution in [0.1, 0.15) is 12.0 Å². The summed E-state index contributed by atoms with van der Waals surface area (Å²) < 4.78 is 63.4. The van der Waals surface area contributed by atoms with Crippen LogP contribution in [0.5, 0.6) is 0 Å². The van der Waals surface area contributed by atoms with E-state index in [9.17, 15) is 21.6 Å². The molecule has 0 fully saturated rings. The van der Waals surface area contributed by atoms with Crippen LogP contribution in [-0.4, -0.2) is 28.6 Å². The Hall–Kier alpha value is -0.830. The van der Waals surface area contributed by atoms with Crippen LogP contribution in [0.25, 0.3) is 0 Å². The number of sulfonamides is 1. The van der Waals surface area contributed by atoms with Gasteiger partial charge in [0.1, 0.15) is 4.90 Å². The van der Waals surface area contributed by atoms with Gasteiger partial charge in [-0.2, -0.15) is 13.2 Å². The zero-order valence-corrected chi connectivity index (χ0v) is 12.2. The maximum Gasteiger partial charge on any atom is 0.416 e. The molecular formula is C11H14ClF3N2O2S. The number of alkyl halides is 3. The molecule has 1 aromatic rings. The number of hydrogen-bond acceptors (Lipinski definition) is 3. The highest BCUT2D eigenvalue weighted by Gasteiger charge is 2.32. The Morgan fingerprint density at radius 3 is 2.40 bits per heavy atom. The SMILES string of the molecule is CNCCCNS(=O)(=O)c1ccc(C(F)(F)F)cc1Cl. The lowest BCUT2D eigenvalue weighted by Crippen LogP contribution is -2.27. The van der Waals surface area contributed by atoms with Gasteiger partial charge in [-0.15, -0.1) is 0 Å². The molecule has 0 aromatic heterocycles. The number of rotatable bonds is 6. The Morgan fingerprint density at radius 2 is 1.90 bits per heavy atom. The van der Waals surface area contributed by atoms with Crippen molar-refractivity contribution in [2.45, 2.75) is 17.5 Å². The third-order valence-corrected chi connectivity index (χ3v) is 4.39. The number of benzene rings is 1. The zero-order chi connectivity index (χ0) is 15.4. The second-order valence-corrected chi connectivity index (χ2v) is 6.14. The summed E-state index contributed by atoms with van der Waals surface area (Å²) in [5, 5.41) is 2.39. The van der Waals surface area contributed by atoms with Gasteiger partial charge in [-0.1, -0.05) is 11.6 Å². The topological polar surface area (TPSA) is 58.2 Å². The summed E-state index contributed by atoms with van der Waals surface area (Å²) >= 11 is 5.63. The molecule has 2 N–H and O–H groups in total. The van der Waals surface area contributed by atoms with Crippen molar-refractivity contribution in [2.75, 3.05) is 20.1 Å². The zero-order valence-electron chi connectivity index (χ0n) is 10.6. The summed E-state index contributed by atoms with van der Waals surface area (Å²) in [6.07, 6.45) is -4.01. The summed E-state index contributed by atoms with van der Waals surface area (Å²) in [6.45, 7) is 0.782. The van der Waals surface area contributed by atoms with Gasteiger partial charge in [0.25, 0.3) is 0 Å². The molecule has 0 saturated carbocycles. The molecule has 0 unspecified atom stereocenters. The van der Waals surface area contributed by atoms with Gasteiger partial charge in [-0.25, -0.2) is 13.1 Å². The molecule has 0 aliphatic heterocycles. The summed E-state index contributed by atoms with van der Waals surface area (Å²) in [5.74, 6) is 0. The highest BCUT2D eigenvalue weighted by Crippen LogP contribution is 2.33. The molecular weight excluding hydrogens is 317 g/mol. The van der Waals surface area contributed by atoms with E-state index in [0.29, 0.717) is 25.1 Å². The van der Waals surface area contributed by atoms with Crippen LogP contribution >= 0.6 is 11.6 Å². The van der Waals surface area contributed by atoms with Gasteiger partial charge in [0.05, 0.1) is 10.6 Å². The Balaban J connectivity index is 2.91. The first-order valence-electron chi connectivity index (χ1n) is 5.69. The predicted octanol–water partition coefficient (Wildman–Crippen LogP) is 2.25. The third-order valence-electron chi connectivity index (χ3n) is 2.44. The molecule has 1 rings (SSSR count). The Morgan fingerprint density at radius 1 is 1.25 bits per heavy atom. The standard InChI is InChI=1S/C11H14ClF3N2O2S/c1-16-5-2-6-17-20(18,19)10-4-3-8(7-9(10)12)11(13,14)15/h3-4,7,16-17H,2,5-6H2,1H3. The van der Waals surface area contributed by atoms with Crippen LogP contribution in [-0.2, 0) is 16.2 Å². The largest absolute Gasteiger partial charge is 0.416 e.